The van der Waals surface area contributed by atoms with Gasteiger partial charge >= 0.3 is 0 Å². The second kappa shape index (κ2) is 6.90. The monoisotopic (exact) mass is 314 g/mol. The lowest BCUT2D eigenvalue weighted by Gasteiger charge is -2.04. The highest BCUT2D eigenvalue weighted by Gasteiger charge is 2.16. The Morgan fingerprint density at radius 2 is 2.25 bits per heavy atom. The molecule has 0 unspecified atom stereocenters. The molecule has 4 N–H and O–H groups in total. The summed E-state index contributed by atoms with van der Waals surface area (Å²) in [4.78, 5) is 12.5. The molecular formula is C13H15ClN2O3S. The number of nitrogens with two attached hydrogens (primary N) is 1. The van der Waals surface area contributed by atoms with Crippen LogP contribution in [0.5, 0.6) is 0 Å². The Balaban J connectivity index is 2.04. The van der Waals surface area contributed by atoms with Crippen LogP contribution in [0.3, 0.4) is 0 Å². The zero-order valence-electron chi connectivity index (χ0n) is 10.7. The lowest BCUT2D eigenvalue weighted by atomic mass is 10.2. The van der Waals surface area contributed by atoms with Crippen molar-refractivity contribution in [1.29, 1.82) is 0 Å². The number of nitrogens with one attached hydrogen (secondary N) is 1. The van der Waals surface area contributed by atoms with E-state index in [0.29, 0.717) is 28.7 Å². The first-order chi connectivity index (χ1) is 9.63. The van der Waals surface area contributed by atoms with Crippen molar-refractivity contribution >= 4 is 44.6 Å². The van der Waals surface area contributed by atoms with Crippen molar-refractivity contribution in [2.75, 3.05) is 32.1 Å². The fourth-order valence-electron chi connectivity index (χ4n) is 1.74. The second-order valence-electron chi connectivity index (χ2n) is 4.08. The number of aliphatic hydroxyl groups is 1. The van der Waals surface area contributed by atoms with E-state index in [1.807, 2.05) is 6.07 Å². The van der Waals surface area contributed by atoms with Crippen LogP contribution in [0.4, 0.5) is 5.69 Å². The number of nitrogen functional groups attached to an aromatic ring is 1. The van der Waals surface area contributed by atoms with Crippen molar-refractivity contribution < 1.29 is 14.6 Å². The van der Waals surface area contributed by atoms with E-state index in [1.54, 1.807) is 12.1 Å². The van der Waals surface area contributed by atoms with Gasteiger partial charge < -0.3 is 20.9 Å². The second-order valence-corrected chi connectivity index (χ2v) is 5.57. The molecule has 2 aromatic rings. The van der Waals surface area contributed by atoms with Gasteiger partial charge in [0.2, 0.25) is 0 Å². The molecule has 1 heterocycles. The van der Waals surface area contributed by atoms with Crippen molar-refractivity contribution in [3.63, 3.8) is 0 Å². The van der Waals surface area contributed by atoms with Gasteiger partial charge in [-0.05, 0) is 18.2 Å². The molecule has 20 heavy (non-hydrogen) atoms. The summed E-state index contributed by atoms with van der Waals surface area (Å²) in [6.45, 7) is 0.952. The Hall–Kier alpha value is -1.34. The Morgan fingerprint density at radius 1 is 1.45 bits per heavy atom. The number of halogens is 1. The van der Waals surface area contributed by atoms with Crippen LogP contribution in [-0.4, -0.2) is 37.4 Å². The van der Waals surface area contributed by atoms with Crippen molar-refractivity contribution in [1.82, 2.24) is 5.32 Å². The number of amides is 1. The maximum absolute atomic E-state index is 12.0. The summed E-state index contributed by atoms with van der Waals surface area (Å²) in [7, 11) is 0. The minimum Gasteiger partial charge on any atom is -0.397 e. The zero-order chi connectivity index (χ0) is 14.5. The molecule has 2 rings (SSSR count). The number of aliphatic hydroxyl groups excluding tert-OH is 1. The molecule has 0 aliphatic rings. The third-order valence-corrected chi connectivity index (χ3v) is 4.07. The maximum atomic E-state index is 12.0. The molecule has 0 fully saturated rings. The number of thiophene rings is 1. The first-order valence-electron chi connectivity index (χ1n) is 6.08. The number of ether oxygens (including phenoxy) is 1. The predicted molar refractivity (Wildman–Crippen MR) is 81.5 cm³/mol. The summed E-state index contributed by atoms with van der Waals surface area (Å²) >= 11 is 7.23. The average Bonchev–Trinajstić information content (AvgIpc) is 2.75. The molecule has 7 heteroatoms. The van der Waals surface area contributed by atoms with Crippen molar-refractivity contribution in [3.05, 3.63) is 28.1 Å². The zero-order valence-corrected chi connectivity index (χ0v) is 12.3. The Labute approximate surface area is 125 Å². The predicted octanol–water partition coefficient (Wildman–Crippen LogP) is 1.88. The summed E-state index contributed by atoms with van der Waals surface area (Å²) in [6, 6.07) is 5.35. The first-order valence-corrected chi connectivity index (χ1v) is 7.27. The Kier molecular flexibility index (Phi) is 5.19. The topological polar surface area (TPSA) is 84.6 Å². The Bertz CT molecular complexity index is 615. The van der Waals surface area contributed by atoms with Gasteiger partial charge in [-0.25, -0.2) is 0 Å². The minimum absolute atomic E-state index is 0.0298. The Morgan fingerprint density at radius 3 is 3.00 bits per heavy atom. The van der Waals surface area contributed by atoms with E-state index in [9.17, 15) is 4.79 Å². The van der Waals surface area contributed by atoms with Gasteiger partial charge in [0.25, 0.3) is 5.91 Å². The molecule has 1 aromatic heterocycles. The van der Waals surface area contributed by atoms with Crippen LogP contribution in [0.15, 0.2) is 18.2 Å². The molecule has 5 nitrogen and oxygen atoms in total. The van der Waals surface area contributed by atoms with E-state index >= 15 is 0 Å². The lowest BCUT2D eigenvalue weighted by molar-refractivity contribution is 0.0841. The van der Waals surface area contributed by atoms with Crippen LogP contribution in [0.25, 0.3) is 10.1 Å². The molecule has 0 aliphatic carbocycles. The quantitative estimate of drug-likeness (QED) is 0.711. The standard InChI is InChI=1S/C13H15ClN2O3S/c14-8-1-2-9-10(7-8)20-12(11(9)15)13(18)16-3-5-19-6-4-17/h1-2,7,17H,3-6,15H2,(H,16,18). The van der Waals surface area contributed by atoms with Crippen LogP contribution in [0.1, 0.15) is 9.67 Å². The molecule has 0 saturated carbocycles. The summed E-state index contributed by atoms with van der Waals surface area (Å²) < 4.78 is 5.95. The van der Waals surface area contributed by atoms with Crippen LogP contribution >= 0.6 is 22.9 Å². The van der Waals surface area contributed by atoms with E-state index < -0.39 is 0 Å². The van der Waals surface area contributed by atoms with Gasteiger partial charge in [0, 0.05) is 21.7 Å². The van der Waals surface area contributed by atoms with Gasteiger partial charge in [-0.15, -0.1) is 11.3 Å². The van der Waals surface area contributed by atoms with Gasteiger partial charge in [0.05, 0.1) is 25.5 Å². The third-order valence-electron chi connectivity index (χ3n) is 2.66. The van der Waals surface area contributed by atoms with Gasteiger partial charge in [-0.1, -0.05) is 11.6 Å². The van der Waals surface area contributed by atoms with Gasteiger partial charge in [0.1, 0.15) is 4.88 Å². The van der Waals surface area contributed by atoms with Crippen LogP contribution in [0, 0.1) is 0 Å². The maximum Gasteiger partial charge on any atom is 0.263 e. The molecule has 1 amide bonds. The fourth-order valence-corrected chi connectivity index (χ4v) is 3.06. The number of anilines is 1. The summed E-state index contributed by atoms with van der Waals surface area (Å²) in [5, 5.41) is 12.7. The number of rotatable bonds is 6. The fraction of sp³-hybridized carbons (Fsp3) is 0.308. The first kappa shape index (κ1) is 15.1. The molecule has 108 valence electrons. The van der Waals surface area contributed by atoms with Crippen LogP contribution in [0.2, 0.25) is 5.02 Å². The van der Waals surface area contributed by atoms with E-state index in [-0.39, 0.29) is 19.1 Å². The summed E-state index contributed by atoms with van der Waals surface area (Å²) in [5.41, 5.74) is 6.45. The van der Waals surface area contributed by atoms with E-state index in [4.69, 9.17) is 27.2 Å². The summed E-state index contributed by atoms with van der Waals surface area (Å²) in [5.74, 6) is -0.229. The number of carbonyl (C=O) groups is 1. The van der Waals surface area contributed by atoms with Crippen molar-refractivity contribution in [2.45, 2.75) is 0 Å². The number of carbonyl (C=O) groups excluding carboxylic acids is 1. The van der Waals surface area contributed by atoms with Gasteiger partial charge in [-0.2, -0.15) is 0 Å². The van der Waals surface area contributed by atoms with E-state index in [2.05, 4.69) is 5.32 Å². The van der Waals surface area contributed by atoms with Gasteiger partial charge in [0.15, 0.2) is 0 Å². The molecule has 1 aromatic carbocycles. The molecule has 0 spiro atoms. The smallest absolute Gasteiger partial charge is 0.263 e. The minimum atomic E-state index is -0.229. The highest BCUT2D eigenvalue weighted by molar-refractivity contribution is 7.21. The normalized spacial score (nSPS) is 10.9. The van der Waals surface area contributed by atoms with Crippen LogP contribution in [-0.2, 0) is 4.74 Å². The molecule has 0 radical (unpaired) electrons. The number of hydrogen-bond donors (Lipinski definition) is 3. The molecular weight excluding hydrogens is 300 g/mol. The van der Waals surface area contributed by atoms with Crippen molar-refractivity contribution in [2.24, 2.45) is 0 Å². The number of benzene rings is 1. The highest BCUT2D eigenvalue weighted by atomic mass is 35.5. The van der Waals surface area contributed by atoms with Gasteiger partial charge in [-0.3, -0.25) is 4.79 Å². The number of fused-ring (bicyclic) bond motifs is 1. The van der Waals surface area contributed by atoms with Crippen LogP contribution < -0.4 is 11.1 Å². The molecule has 0 aliphatic heterocycles. The van der Waals surface area contributed by atoms with E-state index in [0.717, 1.165) is 10.1 Å². The summed E-state index contributed by atoms with van der Waals surface area (Å²) in [6.07, 6.45) is 0. The lowest BCUT2D eigenvalue weighted by Crippen LogP contribution is -2.27. The largest absolute Gasteiger partial charge is 0.397 e. The molecule has 0 bridgehead atoms. The SMILES string of the molecule is Nc1c(C(=O)NCCOCCO)sc2cc(Cl)ccc12. The molecule has 0 saturated heterocycles. The highest BCUT2D eigenvalue weighted by Crippen LogP contribution is 2.35. The number of hydrogen-bond acceptors (Lipinski definition) is 5. The van der Waals surface area contributed by atoms with E-state index in [1.165, 1.54) is 11.3 Å². The van der Waals surface area contributed by atoms with Crippen molar-refractivity contribution in [3.8, 4) is 0 Å². The third kappa shape index (κ3) is 3.40. The average molecular weight is 315 g/mol. The molecule has 0 atom stereocenters.